The fourth-order valence-corrected chi connectivity index (χ4v) is 5.03. The Balaban J connectivity index is 1.46. The predicted octanol–water partition coefficient (Wildman–Crippen LogP) is 2.65. The summed E-state index contributed by atoms with van der Waals surface area (Å²) in [5, 5.41) is 9.73. The zero-order valence-electron chi connectivity index (χ0n) is 14.5. The van der Waals surface area contributed by atoms with Gasteiger partial charge >= 0.3 is 0 Å². The molecule has 0 aromatic carbocycles. The van der Waals surface area contributed by atoms with Crippen molar-refractivity contribution >= 4 is 5.91 Å². The summed E-state index contributed by atoms with van der Waals surface area (Å²) in [5.41, 5.74) is 1.13. The van der Waals surface area contributed by atoms with E-state index in [2.05, 4.69) is 34.4 Å². The van der Waals surface area contributed by atoms with Gasteiger partial charge in [-0.2, -0.15) is 0 Å². The van der Waals surface area contributed by atoms with E-state index in [1.165, 1.54) is 5.70 Å². The number of hydrogen-bond acceptors (Lipinski definition) is 3. The first-order valence-electron chi connectivity index (χ1n) is 9.62. The highest BCUT2D eigenvalue weighted by atomic mass is 16.3. The minimum absolute atomic E-state index is 0.153. The molecule has 4 heteroatoms. The van der Waals surface area contributed by atoms with Crippen molar-refractivity contribution in [3.05, 3.63) is 30.3 Å². The first kappa shape index (κ1) is 16.2. The molecule has 0 aromatic heterocycles. The van der Waals surface area contributed by atoms with Gasteiger partial charge in [0.2, 0.25) is 5.91 Å². The molecule has 131 valence electrons. The average Bonchev–Trinajstić information content (AvgIpc) is 2.93. The van der Waals surface area contributed by atoms with Crippen molar-refractivity contribution in [3.63, 3.8) is 0 Å². The van der Waals surface area contributed by atoms with Gasteiger partial charge in [0.1, 0.15) is 0 Å². The highest BCUT2D eigenvalue weighted by Gasteiger charge is 2.50. The SMILES string of the molecule is O=C1N([C@H]2CC[C@H](O)CC2)CCC12CCCN(C1=CC[CH]C=C1)C2. The van der Waals surface area contributed by atoms with Crippen molar-refractivity contribution in [1.29, 1.82) is 0 Å². The van der Waals surface area contributed by atoms with Crippen LogP contribution in [0.5, 0.6) is 0 Å². The third-order valence-electron chi connectivity index (χ3n) is 6.46. The topological polar surface area (TPSA) is 43.8 Å². The van der Waals surface area contributed by atoms with E-state index >= 15 is 0 Å². The van der Waals surface area contributed by atoms with Crippen LogP contribution in [0.3, 0.4) is 0 Å². The molecule has 2 heterocycles. The Labute approximate surface area is 145 Å². The second-order valence-corrected chi connectivity index (χ2v) is 7.98. The summed E-state index contributed by atoms with van der Waals surface area (Å²) in [6.07, 6.45) is 16.4. The summed E-state index contributed by atoms with van der Waals surface area (Å²) in [6.45, 7) is 2.87. The van der Waals surface area contributed by atoms with Crippen LogP contribution in [0.25, 0.3) is 0 Å². The van der Waals surface area contributed by atoms with Crippen molar-refractivity contribution in [2.45, 2.75) is 63.5 Å². The number of carbonyl (C=O) groups is 1. The van der Waals surface area contributed by atoms with E-state index in [4.69, 9.17) is 0 Å². The Morgan fingerprint density at radius 1 is 1.12 bits per heavy atom. The monoisotopic (exact) mass is 329 g/mol. The fourth-order valence-electron chi connectivity index (χ4n) is 5.03. The molecule has 2 saturated heterocycles. The van der Waals surface area contributed by atoms with E-state index in [9.17, 15) is 9.90 Å². The van der Waals surface area contributed by atoms with Crippen molar-refractivity contribution in [2.75, 3.05) is 19.6 Å². The molecule has 2 aliphatic carbocycles. The van der Waals surface area contributed by atoms with Gasteiger partial charge in [0.15, 0.2) is 0 Å². The van der Waals surface area contributed by atoms with Crippen LogP contribution >= 0.6 is 0 Å². The number of aliphatic hydroxyl groups excluding tert-OH is 1. The number of allylic oxidation sites excluding steroid dienone is 3. The number of nitrogens with zero attached hydrogens (tertiary/aromatic N) is 2. The van der Waals surface area contributed by atoms with Gasteiger partial charge in [-0.1, -0.05) is 12.2 Å². The second kappa shape index (κ2) is 6.55. The number of carbonyl (C=O) groups excluding carboxylic acids is 1. The third-order valence-corrected chi connectivity index (χ3v) is 6.46. The van der Waals surface area contributed by atoms with Crippen molar-refractivity contribution in [3.8, 4) is 0 Å². The van der Waals surface area contributed by atoms with E-state index in [1.54, 1.807) is 0 Å². The van der Waals surface area contributed by atoms with Crippen LogP contribution in [0.2, 0.25) is 0 Å². The Morgan fingerprint density at radius 3 is 2.71 bits per heavy atom. The molecule has 24 heavy (non-hydrogen) atoms. The van der Waals surface area contributed by atoms with Gasteiger partial charge in [0.25, 0.3) is 0 Å². The maximum atomic E-state index is 13.3. The minimum Gasteiger partial charge on any atom is -0.393 e. The van der Waals surface area contributed by atoms with Gasteiger partial charge in [-0.3, -0.25) is 4.79 Å². The highest BCUT2D eigenvalue weighted by molar-refractivity contribution is 5.85. The summed E-state index contributed by atoms with van der Waals surface area (Å²) in [6, 6.07) is 0.360. The van der Waals surface area contributed by atoms with Crippen molar-refractivity contribution in [2.24, 2.45) is 5.41 Å². The first-order chi connectivity index (χ1) is 11.7. The zero-order valence-corrected chi connectivity index (χ0v) is 14.5. The lowest BCUT2D eigenvalue weighted by molar-refractivity contribution is -0.141. The number of piperidine rings is 1. The van der Waals surface area contributed by atoms with E-state index in [0.717, 1.165) is 71.0 Å². The lowest BCUT2D eigenvalue weighted by Crippen LogP contribution is -2.49. The molecule has 2 aliphatic heterocycles. The predicted molar refractivity (Wildman–Crippen MR) is 94.0 cm³/mol. The highest BCUT2D eigenvalue weighted by Crippen LogP contribution is 2.43. The van der Waals surface area contributed by atoms with E-state index < -0.39 is 0 Å². The number of likely N-dealkylation sites (tertiary alicyclic amines) is 2. The summed E-state index contributed by atoms with van der Waals surface area (Å²) >= 11 is 0. The van der Waals surface area contributed by atoms with Gasteiger partial charge in [-0.25, -0.2) is 0 Å². The maximum absolute atomic E-state index is 13.3. The van der Waals surface area contributed by atoms with Crippen LogP contribution in [0.1, 0.15) is 51.4 Å². The normalized spacial score (nSPS) is 37.2. The molecule has 1 saturated carbocycles. The standard InChI is InChI=1S/C20H29N2O2/c23-18-9-7-17(8-10-18)22-14-12-20(19(22)24)11-4-13-21(15-20)16-5-2-1-3-6-16/h1-2,5-6,17-18,23H,3-4,7-15H2/t17-,18-,20?. The molecule has 3 fully saturated rings. The molecule has 0 aromatic rings. The van der Waals surface area contributed by atoms with Crippen molar-refractivity contribution in [1.82, 2.24) is 9.80 Å². The summed E-state index contributed by atoms with van der Waals surface area (Å²) < 4.78 is 0. The van der Waals surface area contributed by atoms with Crippen LogP contribution in [0.4, 0.5) is 0 Å². The summed E-state index contributed by atoms with van der Waals surface area (Å²) in [5.74, 6) is 0.389. The number of amides is 1. The second-order valence-electron chi connectivity index (χ2n) is 7.98. The first-order valence-corrected chi connectivity index (χ1v) is 9.62. The number of rotatable bonds is 2. The molecule has 1 radical (unpaired) electrons. The maximum Gasteiger partial charge on any atom is 0.230 e. The Morgan fingerprint density at radius 2 is 1.96 bits per heavy atom. The quantitative estimate of drug-likeness (QED) is 0.847. The smallest absolute Gasteiger partial charge is 0.230 e. The van der Waals surface area contributed by atoms with Gasteiger partial charge < -0.3 is 14.9 Å². The van der Waals surface area contributed by atoms with Gasteiger partial charge in [0, 0.05) is 31.4 Å². The minimum atomic E-state index is -0.163. The Kier molecular flexibility index (Phi) is 4.42. The lowest BCUT2D eigenvalue weighted by Gasteiger charge is -2.42. The van der Waals surface area contributed by atoms with Gasteiger partial charge in [-0.05, 0) is 63.9 Å². The van der Waals surface area contributed by atoms with E-state index in [0.29, 0.717) is 11.9 Å². The molecule has 1 amide bonds. The molecular weight excluding hydrogens is 300 g/mol. The molecule has 4 nitrogen and oxygen atoms in total. The van der Waals surface area contributed by atoms with Gasteiger partial charge in [-0.15, -0.1) is 0 Å². The van der Waals surface area contributed by atoms with Crippen LogP contribution in [-0.2, 0) is 4.79 Å². The number of hydrogen-bond donors (Lipinski definition) is 1. The van der Waals surface area contributed by atoms with Crippen molar-refractivity contribution < 1.29 is 9.90 Å². The van der Waals surface area contributed by atoms with E-state index in [1.807, 2.05) is 0 Å². The zero-order chi connectivity index (χ0) is 16.6. The number of aliphatic hydroxyl groups is 1. The molecular formula is C20H29N2O2. The molecule has 4 aliphatic rings. The molecule has 0 bridgehead atoms. The molecule has 1 unspecified atom stereocenters. The molecule has 1 N–H and O–H groups in total. The molecule has 1 atom stereocenters. The van der Waals surface area contributed by atoms with Gasteiger partial charge in [0.05, 0.1) is 11.5 Å². The van der Waals surface area contributed by atoms with E-state index in [-0.39, 0.29) is 11.5 Å². The van der Waals surface area contributed by atoms with Crippen LogP contribution < -0.4 is 0 Å². The Bertz CT molecular complexity index is 548. The molecule has 4 rings (SSSR count). The van der Waals surface area contributed by atoms with Crippen LogP contribution in [-0.4, -0.2) is 52.6 Å². The van der Waals surface area contributed by atoms with Crippen LogP contribution in [0, 0.1) is 11.8 Å². The third kappa shape index (κ3) is 2.90. The van der Waals surface area contributed by atoms with Crippen LogP contribution in [0.15, 0.2) is 23.9 Å². The summed E-state index contributed by atoms with van der Waals surface area (Å²) in [4.78, 5) is 17.9. The Hall–Kier alpha value is -1.29. The fraction of sp³-hybridized carbons (Fsp3) is 0.700. The largest absolute Gasteiger partial charge is 0.393 e. The average molecular weight is 329 g/mol. The lowest BCUT2D eigenvalue weighted by atomic mass is 9.78. The summed E-state index contributed by atoms with van der Waals surface area (Å²) in [7, 11) is 0. The molecule has 1 spiro atoms.